The standard InChI is InChI=1S/C18H16N4O4S/c1-27(25,26)14-9-7-13(8-10-14)17(23)21-22-18(24)16-11-15(19-20-16)12-5-3-2-4-6-12/h2-11H,1H3,(H,19,20)(H,21,23)(H,22,24). The molecule has 1 heterocycles. The minimum atomic E-state index is -3.34. The number of rotatable bonds is 4. The summed E-state index contributed by atoms with van der Waals surface area (Å²) in [5.74, 6) is -1.14. The van der Waals surface area contributed by atoms with Crippen LogP contribution in [0.3, 0.4) is 0 Å². The molecule has 0 unspecified atom stereocenters. The predicted octanol–water partition coefficient (Wildman–Crippen LogP) is 1.56. The molecule has 1 aromatic heterocycles. The van der Waals surface area contributed by atoms with Gasteiger partial charge in [0.05, 0.1) is 10.6 Å². The van der Waals surface area contributed by atoms with Crippen LogP contribution in [0.25, 0.3) is 11.3 Å². The van der Waals surface area contributed by atoms with Crippen LogP contribution in [-0.2, 0) is 9.84 Å². The Bertz CT molecular complexity index is 1070. The van der Waals surface area contributed by atoms with Crippen LogP contribution in [0.2, 0.25) is 0 Å². The fourth-order valence-corrected chi connectivity index (χ4v) is 2.93. The van der Waals surface area contributed by atoms with Gasteiger partial charge in [0.15, 0.2) is 9.84 Å². The Morgan fingerprint density at radius 1 is 0.926 bits per heavy atom. The maximum absolute atomic E-state index is 12.1. The highest BCUT2D eigenvalue weighted by atomic mass is 32.2. The molecule has 0 aliphatic heterocycles. The molecule has 2 amide bonds. The number of hydrogen-bond acceptors (Lipinski definition) is 5. The third-order valence-electron chi connectivity index (χ3n) is 3.73. The van der Waals surface area contributed by atoms with Gasteiger partial charge in [-0.3, -0.25) is 25.5 Å². The topological polar surface area (TPSA) is 121 Å². The molecule has 2 aromatic carbocycles. The highest BCUT2D eigenvalue weighted by molar-refractivity contribution is 7.90. The molecule has 0 radical (unpaired) electrons. The van der Waals surface area contributed by atoms with E-state index in [0.717, 1.165) is 11.8 Å². The molecule has 8 nitrogen and oxygen atoms in total. The Hall–Kier alpha value is -3.46. The number of H-pyrrole nitrogens is 1. The molecule has 27 heavy (non-hydrogen) atoms. The first-order valence-corrected chi connectivity index (χ1v) is 9.75. The van der Waals surface area contributed by atoms with Crippen LogP contribution in [0.1, 0.15) is 20.8 Å². The number of carbonyl (C=O) groups is 2. The summed E-state index contributed by atoms with van der Waals surface area (Å²) >= 11 is 0. The lowest BCUT2D eigenvalue weighted by Gasteiger charge is -2.06. The number of benzene rings is 2. The largest absolute Gasteiger partial charge is 0.287 e. The van der Waals surface area contributed by atoms with Crippen molar-refractivity contribution in [2.24, 2.45) is 0 Å². The second-order valence-electron chi connectivity index (χ2n) is 5.74. The Balaban J connectivity index is 1.62. The van der Waals surface area contributed by atoms with Crippen LogP contribution < -0.4 is 10.9 Å². The Morgan fingerprint density at radius 3 is 2.19 bits per heavy atom. The van der Waals surface area contributed by atoms with Crippen molar-refractivity contribution < 1.29 is 18.0 Å². The Kier molecular flexibility index (Phi) is 5.04. The summed E-state index contributed by atoms with van der Waals surface area (Å²) in [7, 11) is -3.34. The van der Waals surface area contributed by atoms with Crippen LogP contribution >= 0.6 is 0 Å². The molecular formula is C18H16N4O4S. The van der Waals surface area contributed by atoms with Crippen LogP contribution in [0.5, 0.6) is 0 Å². The van der Waals surface area contributed by atoms with Crippen molar-refractivity contribution in [3.63, 3.8) is 0 Å². The van der Waals surface area contributed by atoms with Crippen molar-refractivity contribution in [2.75, 3.05) is 6.26 Å². The predicted molar refractivity (Wildman–Crippen MR) is 98.5 cm³/mol. The number of amides is 2. The molecule has 0 aliphatic rings. The van der Waals surface area contributed by atoms with Crippen molar-refractivity contribution in [3.8, 4) is 11.3 Å². The first-order chi connectivity index (χ1) is 12.8. The van der Waals surface area contributed by atoms with Crippen LogP contribution in [0.4, 0.5) is 0 Å². The van der Waals surface area contributed by atoms with Gasteiger partial charge in [-0.15, -0.1) is 0 Å². The fourth-order valence-electron chi connectivity index (χ4n) is 2.30. The number of aromatic nitrogens is 2. The summed E-state index contributed by atoms with van der Waals surface area (Å²) in [5, 5.41) is 6.68. The Morgan fingerprint density at radius 2 is 1.56 bits per heavy atom. The molecule has 0 bridgehead atoms. The average Bonchev–Trinajstić information content (AvgIpc) is 3.16. The van der Waals surface area contributed by atoms with E-state index in [4.69, 9.17) is 0 Å². The van der Waals surface area contributed by atoms with Crippen molar-refractivity contribution in [1.82, 2.24) is 21.0 Å². The summed E-state index contributed by atoms with van der Waals surface area (Å²) < 4.78 is 22.8. The quantitative estimate of drug-likeness (QED) is 0.590. The zero-order valence-electron chi connectivity index (χ0n) is 14.3. The normalized spacial score (nSPS) is 11.0. The number of hydrogen-bond donors (Lipinski definition) is 3. The lowest BCUT2D eigenvalue weighted by Crippen LogP contribution is -2.41. The monoisotopic (exact) mass is 384 g/mol. The van der Waals surface area contributed by atoms with Gasteiger partial charge in [-0.25, -0.2) is 8.42 Å². The lowest BCUT2D eigenvalue weighted by molar-refractivity contribution is 0.0844. The minimum Gasteiger partial charge on any atom is -0.272 e. The first-order valence-electron chi connectivity index (χ1n) is 7.86. The number of aromatic amines is 1. The number of carbonyl (C=O) groups excluding carboxylic acids is 2. The maximum Gasteiger partial charge on any atom is 0.287 e. The smallest absolute Gasteiger partial charge is 0.272 e. The van der Waals surface area contributed by atoms with E-state index in [1.165, 1.54) is 24.3 Å². The van der Waals surface area contributed by atoms with Gasteiger partial charge < -0.3 is 0 Å². The molecule has 3 rings (SSSR count). The number of nitrogens with zero attached hydrogens (tertiary/aromatic N) is 1. The van der Waals surface area contributed by atoms with E-state index in [9.17, 15) is 18.0 Å². The van der Waals surface area contributed by atoms with E-state index in [0.29, 0.717) is 5.69 Å². The van der Waals surface area contributed by atoms with E-state index in [2.05, 4.69) is 21.0 Å². The van der Waals surface area contributed by atoms with E-state index in [1.54, 1.807) is 6.07 Å². The first kappa shape index (κ1) is 18.3. The van der Waals surface area contributed by atoms with E-state index in [1.807, 2.05) is 30.3 Å². The third-order valence-corrected chi connectivity index (χ3v) is 4.85. The Labute approximate surface area is 155 Å². The summed E-state index contributed by atoms with van der Waals surface area (Å²) in [4.78, 5) is 24.3. The van der Waals surface area contributed by atoms with Gasteiger partial charge >= 0.3 is 0 Å². The van der Waals surface area contributed by atoms with Gasteiger partial charge in [0.25, 0.3) is 11.8 Å². The van der Waals surface area contributed by atoms with Gasteiger partial charge in [0, 0.05) is 17.4 Å². The molecule has 0 fully saturated rings. The molecule has 138 valence electrons. The highest BCUT2D eigenvalue weighted by Gasteiger charge is 2.13. The second-order valence-corrected chi connectivity index (χ2v) is 7.75. The number of sulfone groups is 1. The second kappa shape index (κ2) is 7.42. The zero-order valence-corrected chi connectivity index (χ0v) is 15.1. The van der Waals surface area contributed by atoms with Crippen molar-refractivity contribution >= 4 is 21.7 Å². The fraction of sp³-hybridized carbons (Fsp3) is 0.0556. The van der Waals surface area contributed by atoms with Crippen LogP contribution in [0, 0.1) is 0 Å². The summed E-state index contributed by atoms with van der Waals surface area (Å²) in [6.07, 6.45) is 1.08. The summed E-state index contributed by atoms with van der Waals surface area (Å²) in [6, 6.07) is 16.3. The maximum atomic E-state index is 12.1. The molecule has 9 heteroatoms. The van der Waals surface area contributed by atoms with Gasteiger partial charge in [-0.05, 0) is 30.3 Å². The third kappa shape index (κ3) is 4.39. The molecule has 3 N–H and O–H groups in total. The van der Waals surface area contributed by atoms with Crippen molar-refractivity contribution in [2.45, 2.75) is 4.90 Å². The molecule has 0 spiro atoms. The lowest BCUT2D eigenvalue weighted by atomic mass is 10.1. The molecular weight excluding hydrogens is 368 g/mol. The molecule has 3 aromatic rings. The molecule has 0 aliphatic carbocycles. The van der Waals surface area contributed by atoms with E-state index in [-0.39, 0.29) is 16.2 Å². The van der Waals surface area contributed by atoms with E-state index < -0.39 is 21.7 Å². The van der Waals surface area contributed by atoms with Gasteiger partial charge in [-0.1, -0.05) is 30.3 Å². The zero-order chi connectivity index (χ0) is 19.4. The molecule has 0 saturated carbocycles. The van der Waals surface area contributed by atoms with E-state index >= 15 is 0 Å². The van der Waals surface area contributed by atoms with Gasteiger partial charge in [-0.2, -0.15) is 5.10 Å². The van der Waals surface area contributed by atoms with Crippen molar-refractivity contribution in [3.05, 3.63) is 71.9 Å². The van der Waals surface area contributed by atoms with Crippen LogP contribution in [-0.4, -0.2) is 36.7 Å². The SMILES string of the molecule is CS(=O)(=O)c1ccc(C(=O)NNC(=O)c2cc(-c3ccccc3)n[nH]2)cc1. The number of hydrazine groups is 1. The molecule has 0 atom stereocenters. The summed E-state index contributed by atoms with van der Waals surface area (Å²) in [6.45, 7) is 0. The van der Waals surface area contributed by atoms with Gasteiger partial charge in [0.1, 0.15) is 5.69 Å². The highest BCUT2D eigenvalue weighted by Crippen LogP contribution is 2.16. The summed E-state index contributed by atoms with van der Waals surface area (Å²) in [5.41, 5.74) is 6.39. The van der Waals surface area contributed by atoms with Crippen LogP contribution in [0.15, 0.2) is 65.6 Å². The van der Waals surface area contributed by atoms with Gasteiger partial charge in [0.2, 0.25) is 0 Å². The minimum absolute atomic E-state index is 0.106. The van der Waals surface area contributed by atoms with Crippen molar-refractivity contribution in [1.29, 1.82) is 0 Å². The molecule has 0 saturated heterocycles. The average molecular weight is 384 g/mol. The number of nitrogens with one attached hydrogen (secondary N) is 3.